The molecule has 2 heterocycles. The number of rotatable bonds is 4. The van der Waals surface area contributed by atoms with Crippen LogP contribution >= 0.6 is 22.9 Å². The summed E-state index contributed by atoms with van der Waals surface area (Å²) in [4.78, 5) is 13.3. The lowest BCUT2D eigenvalue weighted by molar-refractivity contribution is 0.0995. The van der Waals surface area contributed by atoms with Gasteiger partial charge in [0.15, 0.2) is 5.78 Å². The van der Waals surface area contributed by atoms with Crippen molar-refractivity contribution in [3.8, 4) is 5.75 Å². The van der Waals surface area contributed by atoms with E-state index in [0.29, 0.717) is 18.1 Å². The van der Waals surface area contributed by atoms with Crippen LogP contribution in [0, 0.1) is 0 Å². The van der Waals surface area contributed by atoms with Crippen LogP contribution < -0.4 is 4.74 Å². The van der Waals surface area contributed by atoms with Gasteiger partial charge in [0.25, 0.3) is 0 Å². The van der Waals surface area contributed by atoms with Crippen LogP contribution in [0.25, 0.3) is 0 Å². The molecule has 1 aliphatic heterocycles. The van der Waals surface area contributed by atoms with Gasteiger partial charge >= 0.3 is 0 Å². The Balaban J connectivity index is 1.90. The molecule has 0 fully saturated rings. The largest absolute Gasteiger partial charge is 0.493 e. The van der Waals surface area contributed by atoms with Crippen molar-refractivity contribution in [2.45, 2.75) is 26.2 Å². The van der Waals surface area contributed by atoms with Crippen molar-refractivity contribution in [1.29, 1.82) is 0 Å². The van der Waals surface area contributed by atoms with Crippen molar-refractivity contribution < 1.29 is 9.53 Å². The van der Waals surface area contributed by atoms with Crippen molar-refractivity contribution in [3.63, 3.8) is 0 Å². The molecule has 0 amide bonds. The Labute approximate surface area is 127 Å². The zero-order valence-electron chi connectivity index (χ0n) is 11.2. The minimum atomic E-state index is 0.150. The predicted octanol–water partition coefficient (Wildman–Crippen LogP) is 4.32. The first-order valence-corrected chi connectivity index (χ1v) is 7.98. The Kier molecular flexibility index (Phi) is 3.81. The highest BCUT2D eigenvalue weighted by atomic mass is 35.5. The SMILES string of the molecule is CCc1ccsc1C(=O)Cc1cc(Cl)cc2c1OCC2. The minimum absolute atomic E-state index is 0.150. The molecular formula is C16H15ClO2S. The summed E-state index contributed by atoms with van der Waals surface area (Å²) in [5.74, 6) is 1.01. The number of benzene rings is 1. The van der Waals surface area contributed by atoms with Crippen LogP contribution in [0.2, 0.25) is 5.02 Å². The maximum Gasteiger partial charge on any atom is 0.177 e. The maximum absolute atomic E-state index is 12.5. The predicted molar refractivity (Wildman–Crippen MR) is 82.4 cm³/mol. The first-order chi connectivity index (χ1) is 9.69. The summed E-state index contributed by atoms with van der Waals surface area (Å²) in [6, 6.07) is 5.81. The molecule has 0 saturated carbocycles. The first-order valence-electron chi connectivity index (χ1n) is 6.72. The number of halogens is 1. The Morgan fingerprint density at radius 3 is 3.05 bits per heavy atom. The first kappa shape index (κ1) is 13.7. The number of hydrogen-bond donors (Lipinski definition) is 0. The average Bonchev–Trinajstić information content (AvgIpc) is 3.06. The lowest BCUT2D eigenvalue weighted by Gasteiger charge is -2.08. The van der Waals surface area contributed by atoms with Gasteiger partial charge in [0.1, 0.15) is 5.75 Å². The van der Waals surface area contributed by atoms with Crippen LogP contribution in [-0.2, 0) is 19.3 Å². The van der Waals surface area contributed by atoms with Gasteiger partial charge in [-0.3, -0.25) is 4.79 Å². The van der Waals surface area contributed by atoms with E-state index in [1.54, 1.807) is 0 Å². The Morgan fingerprint density at radius 1 is 1.40 bits per heavy atom. The number of Topliss-reactive ketones (excluding diaryl/α,β-unsaturated/α-hetero) is 1. The lowest BCUT2D eigenvalue weighted by Crippen LogP contribution is -2.05. The summed E-state index contributed by atoms with van der Waals surface area (Å²) < 4.78 is 5.65. The van der Waals surface area contributed by atoms with E-state index in [4.69, 9.17) is 16.3 Å². The van der Waals surface area contributed by atoms with E-state index in [1.807, 2.05) is 23.6 Å². The van der Waals surface area contributed by atoms with Crippen LogP contribution in [0.3, 0.4) is 0 Å². The quantitative estimate of drug-likeness (QED) is 0.786. The Bertz CT molecular complexity index is 660. The molecule has 104 valence electrons. The summed E-state index contributed by atoms with van der Waals surface area (Å²) in [7, 11) is 0. The molecule has 2 aromatic rings. The van der Waals surface area contributed by atoms with Gasteiger partial charge in [0.05, 0.1) is 11.5 Å². The van der Waals surface area contributed by atoms with E-state index in [-0.39, 0.29) is 5.78 Å². The topological polar surface area (TPSA) is 26.3 Å². The number of carbonyl (C=O) groups excluding carboxylic acids is 1. The van der Waals surface area contributed by atoms with E-state index in [1.165, 1.54) is 11.3 Å². The third-order valence-electron chi connectivity index (χ3n) is 3.56. The normalized spacial score (nSPS) is 13.1. The van der Waals surface area contributed by atoms with Crippen LogP contribution in [0.1, 0.15) is 33.3 Å². The molecule has 1 aromatic heterocycles. The summed E-state index contributed by atoms with van der Waals surface area (Å²) in [5.41, 5.74) is 3.15. The van der Waals surface area contributed by atoms with Gasteiger partial charge in [-0.1, -0.05) is 18.5 Å². The molecule has 1 aliphatic rings. The highest BCUT2D eigenvalue weighted by Crippen LogP contribution is 2.34. The highest BCUT2D eigenvalue weighted by molar-refractivity contribution is 7.12. The van der Waals surface area contributed by atoms with Crippen molar-refractivity contribution in [2.75, 3.05) is 6.61 Å². The molecule has 0 spiro atoms. The minimum Gasteiger partial charge on any atom is -0.493 e. The summed E-state index contributed by atoms with van der Waals surface area (Å²) in [5, 5.41) is 2.66. The van der Waals surface area contributed by atoms with E-state index < -0.39 is 0 Å². The van der Waals surface area contributed by atoms with Crippen LogP contribution in [0.4, 0.5) is 0 Å². The fourth-order valence-electron chi connectivity index (χ4n) is 2.59. The molecule has 0 atom stereocenters. The van der Waals surface area contributed by atoms with Gasteiger partial charge in [-0.15, -0.1) is 11.3 Å². The summed E-state index contributed by atoms with van der Waals surface area (Å²) >= 11 is 7.65. The third kappa shape index (κ3) is 2.48. The number of ether oxygens (including phenoxy) is 1. The second kappa shape index (κ2) is 5.58. The van der Waals surface area contributed by atoms with Gasteiger partial charge < -0.3 is 4.74 Å². The summed E-state index contributed by atoms with van der Waals surface area (Å²) in [6.07, 6.45) is 2.11. The van der Waals surface area contributed by atoms with E-state index >= 15 is 0 Å². The number of fused-ring (bicyclic) bond motifs is 1. The Morgan fingerprint density at radius 2 is 2.25 bits per heavy atom. The second-order valence-electron chi connectivity index (χ2n) is 4.88. The molecule has 1 aromatic carbocycles. The molecule has 0 saturated heterocycles. The maximum atomic E-state index is 12.5. The molecule has 0 N–H and O–H groups in total. The van der Waals surface area contributed by atoms with Gasteiger partial charge in [0, 0.05) is 23.4 Å². The van der Waals surface area contributed by atoms with Crippen LogP contribution in [0.5, 0.6) is 5.75 Å². The van der Waals surface area contributed by atoms with Crippen molar-refractivity contribution >= 4 is 28.7 Å². The molecule has 0 aliphatic carbocycles. The zero-order chi connectivity index (χ0) is 14.1. The smallest absolute Gasteiger partial charge is 0.177 e. The number of aryl methyl sites for hydroxylation is 1. The number of hydrogen-bond acceptors (Lipinski definition) is 3. The molecular weight excluding hydrogens is 292 g/mol. The molecule has 3 rings (SSSR count). The van der Waals surface area contributed by atoms with Crippen molar-refractivity contribution in [2.24, 2.45) is 0 Å². The molecule has 4 heteroatoms. The van der Waals surface area contributed by atoms with Crippen LogP contribution in [-0.4, -0.2) is 12.4 Å². The number of ketones is 1. The average molecular weight is 307 g/mol. The highest BCUT2D eigenvalue weighted by Gasteiger charge is 2.21. The molecule has 20 heavy (non-hydrogen) atoms. The number of carbonyl (C=O) groups is 1. The zero-order valence-corrected chi connectivity index (χ0v) is 12.8. The molecule has 2 nitrogen and oxygen atoms in total. The van der Waals surface area contributed by atoms with Gasteiger partial charge in [-0.2, -0.15) is 0 Å². The molecule has 0 unspecified atom stereocenters. The monoisotopic (exact) mass is 306 g/mol. The van der Waals surface area contributed by atoms with Gasteiger partial charge in [0.2, 0.25) is 0 Å². The van der Waals surface area contributed by atoms with Crippen molar-refractivity contribution in [1.82, 2.24) is 0 Å². The summed E-state index contributed by atoms with van der Waals surface area (Å²) in [6.45, 7) is 2.75. The fraction of sp³-hybridized carbons (Fsp3) is 0.312. The third-order valence-corrected chi connectivity index (χ3v) is 4.77. The second-order valence-corrected chi connectivity index (χ2v) is 6.23. The van der Waals surface area contributed by atoms with E-state index in [2.05, 4.69) is 6.92 Å². The standard InChI is InChI=1S/C16H15ClO2S/c1-2-10-4-6-20-16(10)14(18)9-12-8-13(17)7-11-3-5-19-15(11)12/h4,6-8H,2-3,5,9H2,1H3. The number of thiophene rings is 1. The fourth-order valence-corrected chi connectivity index (χ4v) is 3.79. The van der Waals surface area contributed by atoms with Gasteiger partial charge in [-0.05, 0) is 41.1 Å². The molecule has 0 bridgehead atoms. The molecule has 0 radical (unpaired) electrons. The van der Waals surface area contributed by atoms with E-state index in [0.717, 1.165) is 40.2 Å². The van der Waals surface area contributed by atoms with Gasteiger partial charge in [-0.25, -0.2) is 0 Å². The lowest BCUT2D eigenvalue weighted by atomic mass is 10.0. The van der Waals surface area contributed by atoms with E-state index in [9.17, 15) is 4.79 Å². The van der Waals surface area contributed by atoms with Crippen molar-refractivity contribution in [3.05, 3.63) is 50.2 Å². The van der Waals surface area contributed by atoms with Crippen LogP contribution in [0.15, 0.2) is 23.6 Å². The Hall–Kier alpha value is -1.32.